The Morgan fingerprint density at radius 2 is 1.31 bits per heavy atom. The number of hydrogen-bond donors (Lipinski definition) is 0. The van der Waals surface area contributed by atoms with Gasteiger partial charge >= 0.3 is 0 Å². The summed E-state index contributed by atoms with van der Waals surface area (Å²) in [6.45, 7) is 0. The first-order valence-corrected chi connectivity index (χ1v) is 7.07. The topological polar surface area (TPSA) is 9.23 Å². The van der Waals surface area contributed by atoms with Crippen LogP contribution in [0.1, 0.15) is 0 Å². The van der Waals surface area contributed by atoms with Gasteiger partial charge in [-0.15, -0.1) is 0 Å². The second-order valence-corrected chi connectivity index (χ2v) is 5.43. The second kappa shape index (κ2) is 5.87. The third-order valence-corrected chi connectivity index (χ3v) is 4.45. The third kappa shape index (κ3) is 3.22. The molecule has 1 nitrogen and oxygen atoms in total. The Labute approximate surface area is 104 Å². The van der Waals surface area contributed by atoms with Crippen molar-refractivity contribution in [3.05, 3.63) is 54.6 Å². The molecule has 0 amide bonds. The average Bonchev–Trinajstić information content (AvgIpc) is 2.38. The van der Waals surface area contributed by atoms with Crippen LogP contribution >= 0.6 is 21.6 Å². The number of hydrogen-bond acceptors (Lipinski definition) is 3. The SMILES string of the molecule is COc1ccc(SSc2ccccc2)cc1. The number of methoxy groups -OCH3 is 1. The van der Waals surface area contributed by atoms with E-state index >= 15 is 0 Å². The van der Waals surface area contributed by atoms with Crippen LogP contribution in [0.3, 0.4) is 0 Å². The minimum Gasteiger partial charge on any atom is -0.497 e. The van der Waals surface area contributed by atoms with E-state index in [1.165, 1.54) is 9.79 Å². The lowest BCUT2D eigenvalue weighted by molar-refractivity contribution is 0.414. The summed E-state index contributed by atoms with van der Waals surface area (Å²) in [4.78, 5) is 2.50. The number of benzene rings is 2. The fourth-order valence-corrected chi connectivity index (χ4v) is 3.16. The van der Waals surface area contributed by atoms with Crippen LogP contribution < -0.4 is 4.74 Å². The molecule has 16 heavy (non-hydrogen) atoms. The van der Waals surface area contributed by atoms with Gasteiger partial charge in [-0.25, -0.2) is 0 Å². The Morgan fingerprint density at radius 1 is 0.750 bits per heavy atom. The highest BCUT2D eigenvalue weighted by atomic mass is 33.1. The lowest BCUT2D eigenvalue weighted by Crippen LogP contribution is -1.80. The van der Waals surface area contributed by atoms with Crippen LogP contribution in [0.15, 0.2) is 64.4 Å². The van der Waals surface area contributed by atoms with Gasteiger partial charge < -0.3 is 4.74 Å². The number of rotatable bonds is 4. The predicted molar refractivity (Wildman–Crippen MR) is 71.2 cm³/mol. The number of ether oxygens (including phenoxy) is 1. The summed E-state index contributed by atoms with van der Waals surface area (Å²) in [5, 5.41) is 0. The molecule has 0 spiro atoms. The van der Waals surface area contributed by atoms with E-state index in [2.05, 4.69) is 36.4 Å². The molecule has 82 valence electrons. The van der Waals surface area contributed by atoms with Crippen molar-refractivity contribution in [1.29, 1.82) is 0 Å². The summed E-state index contributed by atoms with van der Waals surface area (Å²) in [5.74, 6) is 0.897. The van der Waals surface area contributed by atoms with Crippen LogP contribution in [0, 0.1) is 0 Å². The van der Waals surface area contributed by atoms with Gasteiger partial charge in [-0.2, -0.15) is 0 Å². The summed E-state index contributed by atoms with van der Waals surface area (Å²) in [6, 6.07) is 18.5. The summed E-state index contributed by atoms with van der Waals surface area (Å²) in [6.07, 6.45) is 0. The maximum Gasteiger partial charge on any atom is 0.118 e. The molecule has 2 aromatic carbocycles. The molecule has 0 unspecified atom stereocenters. The van der Waals surface area contributed by atoms with Crippen molar-refractivity contribution in [2.75, 3.05) is 7.11 Å². The lowest BCUT2D eigenvalue weighted by Gasteiger charge is -2.02. The molecule has 2 rings (SSSR count). The van der Waals surface area contributed by atoms with Gasteiger partial charge in [-0.3, -0.25) is 0 Å². The average molecular weight is 248 g/mol. The van der Waals surface area contributed by atoms with Crippen molar-refractivity contribution in [2.45, 2.75) is 9.79 Å². The zero-order valence-corrected chi connectivity index (χ0v) is 10.6. The Bertz CT molecular complexity index is 425. The molecule has 0 fully saturated rings. The fourth-order valence-electron chi connectivity index (χ4n) is 1.20. The van der Waals surface area contributed by atoms with E-state index < -0.39 is 0 Å². The van der Waals surface area contributed by atoms with E-state index in [-0.39, 0.29) is 0 Å². The van der Waals surface area contributed by atoms with Crippen LogP contribution in [0.25, 0.3) is 0 Å². The lowest BCUT2D eigenvalue weighted by atomic mass is 10.3. The minimum absolute atomic E-state index is 0.897. The molecular weight excluding hydrogens is 236 g/mol. The highest BCUT2D eigenvalue weighted by Crippen LogP contribution is 2.37. The van der Waals surface area contributed by atoms with Crippen molar-refractivity contribution in [2.24, 2.45) is 0 Å². The Balaban J connectivity index is 1.94. The molecule has 0 atom stereocenters. The zero-order chi connectivity index (χ0) is 11.2. The van der Waals surface area contributed by atoms with Crippen molar-refractivity contribution < 1.29 is 4.74 Å². The molecule has 0 aliphatic rings. The molecule has 0 saturated heterocycles. The molecule has 0 bridgehead atoms. The van der Waals surface area contributed by atoms with E-state index in [1.807, 2.05) is 18.2 Å². The summed E-state index contributed by atoms with van der Waals surface area (Å²) in [7, 11) is 5.20. The first-order chi connectivity index (χ1) is 7.88. The van der Waals surface area contributed by atoms with Crippen LogP contribution in [-0.2, 0) is 0 Å². The van der Waals surface area contributed by atoms with Crippen molar-refractivity contribution >= 4 is 21.6 Å². The molecule has 0 radical (unpaired) electrons. The van der Waals surface area contributed by atoms with E-state index in [1.54, 1.807) is 28.7 Å². The van der Waals surface area contributed by atoms with Gasteiger partial charge in [-0.05, 0) is 36.4 Å². The van der Waals surface area contributed by atoms with Crippen molar-refractivity contribution in [1.82, 2.24) is 0 Å². The van der Waals surface area contributed by atoms with Gasteiger partial charge in [0, 0.05) is 9.79 Å². The van der Waals surface area contributed by atoms with Gasteiger partial charge in [0.05, 0.1) is 7.11 Å². The molecule has 0 saturated carbocycles. The van der Waals surface area contributed by atoms with Crippen molar-refractivity contribution in [3.63, 3.8) is 0 Å². The monoisotopic (exact) mass is 248 g/mol. The molecule has 3 heteroatoms. The van der Waals surface area contributed by atoms with Gasteiger partial charge in [0.2, 0.25) is 0 Å². The Morgan fingerprint density at radius 3 is 1.88 bits per heavy atom. The first-order valence-electron chi connectivity index (χ1n) is 4.92. The second-order valence-electron chi connectivity index (χ2n) is 3.16. The van der Waals surface area contributed by atoms with Gasteiger partial charge in [0.15, 0.2) is 0 Å². The van der Waals surface area contributed by atoms with Gasteiger partial charge in [-0.1, -0.05) is 39.8 Å². The Kier molecular flexibility index (Phi) is 4.19. The molecular formula is C13H12OS2. The molecule has 0 heterocycles. The van der Waals surface area contributed by atoms with Gasteiger partial charge in [0.25, 0.3) is 0 Å². The molecule has 2 aromatic rings. The molecule has 0 aliphatic heterocycles. The van der Waals surface area contributed by atoms with Crippen LogP contribution in [0.5, 0.6) is 5.75 Å². The van der Waals surface area contributed by atoms with Gasteiger partial charge in [0.1, 0.15) is 5.75 Å². The first kappa shape index (κ1) is 11.4. The largest absolute Gasteiger partial charge is 0.497 e. The van der Waals surface area contributed by atoms with E-state index in [0.717, 1.165) is 5.75 Å². The van der Waals surface area contributed by atoms with E-state index in [4.69, 9.17) is 4.74 Å². The zero-order valence-electron chi connectivity index (χ0n) is 8.92. The fraction of sp³-hybridized carbons (Fsp3) is 0.0769. The quantitative estimate of drug-likeness (QED) is 0.738. The van der Waals surface area contributed by atoms with E-state index in [9.17, 15) is 0 Å². The highest BCUT2D eigenvalue weighted by molar-refractivity contribution is 8.76. The summed E-state index contributed by atoms with van der Waals surface area (Å²) in [5.41, 5.74) is 0. The standard InChI is InChI=1S/C13H12OS2/c1-14-11-7-9-13(10-8-11)16-15-12-5-3-2-4-6-12/h2-10H,1H3. The van der Waals surface area contributed by atoms with E-state index in [0.29, 0.717) is 0 Å². The normalized spacial score (nSPS) is 10.1. The molecule has 0 N–H and O–H groups in total. The molecule has 0 aromatic heterocycles. The van der Waals surface area contributed by atoms with Crippen molar-refractivity contribution in [3.8, 4) is 5.75 Å². The summed E-state index contributed by atoms with van der Waals surface area (Å²) < 4.78 is 5.12. The summed E-state index contributed by atoms with van der Waals surface area (Å²) >= 11 is 0. The maximum atomic E-state index is 5.12. The maximum absolute atomic E-state index is 5.12. The molecule has 0 aliphatic carbocycles. The van der Waals surface area contributed by atoms with Crippen LogP contribution in [0.4, 0.5) is 0 Å². The smallest absolute Gasteiger partial charge is 0.118 e. The van der Waals surface area contributed by atoms with Crippen LogP contribution in [0.2, 0.25) is 0 Å². The van der Waals surface area contributed by atoms with Crippen LogP contribution in [-0.4, -0.2) is 7.11 Å². The highest BCUT2D eigenvalue weighted by Gasteiger charge is 1.97. The third-order valence-electron chi connectivity index (χ3n) is 2.04. The minimum atomic E-state index is 0.897. The predicted octanol–water partition coefficient (Wildman–Crippen LogP) is 4.49. The Hall–Kier alpha value is -1.06.